The Morgan fingerprint density at radius 1 is 0.909 bits per heavy atom. The van der Waals surface area contributed by atoms with Gasteiger partial charge in [-0.25, -0.2) is 26.9 Å². The van der Waals surface area contributed by atoms with Crippen molar-refractivity contribution in [3.8, 4) is 11.5 Å². The SMILES string of the molecule is O=C(NC(=S)Nc1ccc2oc(-c3c(F)c(F)c(F)c(F)c3F)nc2c1)c1ccc(Br)cc1. The molecule has 33 heavy (non-hydrogen) atoms. The van der Waals surface area contributed by atoms with E-state index < -0.39 is 46.4 Å². The zero-order chi connectivity index (χ0) is 23.9. The van der Waals surface area contributed by atoms with Crippen LogP contribution in [0.2, 0.25) is 0 Å². The molecule has 1 amide bonds. The number of amides is 1. The number of halogens is 6. The number of fused-ring (bicyclic) bond motifs is 1. The van der Waals surface area contributed by atoms with E-state index in [-0.39, 0.29) is 16.2 Å². The van der Waals surface area contributed by atoms with Gasteiger partial charge in [-0.05, 0) is 54.7 Å². The highest BCUT2D eigenvalue weighted by molar-refractivity contribution is 9.10. The molecule has 3 aromatic carbocycles. The van der Waals surface area contributed by atoms with Crippen molar-refractivity contribution < 1.29 is 31.2 Å². The predicted octanol–water partition coefficient (Wildman–Crippen LogP) is 6.08. The molecule has 0 bridgehead atoms. The number of anilines is 1. The largest absolute Gasteiger partial charge is 0.436 e. The molecule has 0 fully saturated rings. The van der Waals surface area contributed by atoms with Crippen LogP contribution in [0.4, 0.5) is 27.6 Å². The Kier molecular flexibility index (Phi) is 6.13. The molecule has 0 saturated carbocycles. The highest BCUT2D eigenvalue weighted by atomic mass is 79.9. The molecule has 4 rings (SSSR count). The molecule has 0 aliphatic rings. The summed E-state index contributed by atoms with van der Waals surface area (Å²) in [5.74, 6) is -11.9. The lowest BCUT2D eigenvalue weighted by atomic mass is 10.1. The molecule has 0 radical (unpaired) electrons. The Morgan fingerprint density at radius 3 is 2.15 bits per heavy atom. The minimum absolute atomic E-state index is 0.0179. The molecule has 1 aromatic heterocycles. The molecular weight excluding hydrogens is 533 g/mol. The number of nitrogens with one attached hydrogen (secondary N) is 2. The Hall–Kier alpha value is -3.38. The Labute approximate surface area is 195 Å². The quantitative estimate of drug-likeness (QED) is 0.142. The van der Waals surface area contributed by atoms with E-state index in [1.165, 1.54) is 18.2 Å². The van der Waals surface area contributed by atoms with Gasteiger partial charge in [0.1, 0.15) is 11.1 Å². The van der Waals surface area contributed by atoms with Gasteiger partial charge < -0.3 is 9.73 Å². The maximum Gasteiger partial charge on any atom is 0.257 e. The molecule has 2 N–H and O–H groups in total. The number of benzene rings is 3. The second kappa shape index (κ2) is 8.87. The molecule has 5 nitrogen and oxygen atoms in total. The van der Waals surface area contributed by atoms with Gasteiger partial charge in [0.25, 0.3) is 5.91 Å². The number of aromatic nitrogens is 1. The maximum absolute atomic E-state index is 14.1. The fraction of sp³-hybridized carbons (Fsp3) is 0. The fourth-order valence-corrected chi connectivity index (χ4v) is 3.32. The molecule has 0 aliphatic heterocycles. The smallest absolute Gasteiger partial charge is 0.257 e. The summed E-state index contributed by atoms with van der Waals surface area (Å²) in [4.78, 5) is 16.1. The van der Waals surface area contributed by atoms with Crippen molar-refractivity contribution in [2.75, 3.05) is 5.32 Å². The second-order valence-electron chi connectivity index (χ2n) is 6.56. The Balaban J connectivity index is 1.57. The molecule has 168 valence electrons. The van der Waals surface area contributed by atoms with E-state index in [1.807, 2.05) is 0 Å². The number of rotatable bonds is 3. The topological polar surface area (TPSA) is 67.2 Å². The van der Waals surface area contributed by atoms with Gasteiger partial charge in [-0.1, -0.05) is 15.9 Å². The van der Waals surface area contributed by atoms with Gasteiger partial charge in [0.15, 0.2) is 34.0 Å². The van der Waals surface area contributed by atoms with Gasteiger partial charge in [-0.15, -0.1) is 0 Å². The fourth-order valence-electron chi connectivity index (χ4n) is 2.84. The third-order valence-corrected chi connectivity index (χ3v) is 5.14. The van der Waals surface area contributed by atoms with Crippen LogP contribution in [0.25, 0.3) is 22.6 Å². The van der Waals surface area contributed by atoms with Crippen LogP contribution in [0.3, 0.4) is 0 Å². The highest BCUT2D eigenvalue weighted by Gasteiger charge is 2.29. The monoisotopic (exact) mass is 541 g/mol. The van der Waals surface area contributed by atoms with E-state index in [1.54, 1.807) is 24.3 Å². The summed E-state index contributed by atoms with van der Waals surface area (Å²) >= 11 is 8.37. The van der Waals surface area contributed by atoms with E-state index in [0.29, 0.717) is 11.3 Å². The number of carbonyl (C=O) groups is 1. The average molecular weight is 542 g/mol. The lowest BCUT2D eigenvalue weighted by Crippen LogP contribution is -2.34. The number of oxazole rings is 1. The van der Waals surface area contributed by atoms with Gasteiger partial charge in [-0.3, -0.25) is 10.1 Å². The van der Waals surface area contributed by atoms with Crippen molar-refractivity contribution in [3.63, 3.8) is 0 Å². The molecule has 0 spiro atoms. The molecule has 0 saturated heterocycles. The second-order valence-corrected chi connectivity index (χ2v) is 7.89. The molecule has 4 aromatic rings. The van der Waals surface area contributed by atoms with E-state index in [2.05, 4.69) is 31.5 Å². The first-order chi connectivity index (χ1) is 15.7. The molecule has 0 aliphatic carbocycles. The van der Waals surface area contributed by atoms with Crippen LogP contribution in [-0.4, -0.2) is 16.0 Å². The first-order valence-corrected chi connectivity index (χ1v) is 10.2. The van der Waals surface area contributed by atoms with Crippen molar-refractivity contribution in [2.24, 2.45) is 0 Å². The Bertz CT molecular complexity index is 1400. The summed E-state index contributed by atoms with van der Waals surface area (Å²) in [6.45, 7) is 0. The van der Waals surface area contributed by atoms with Gasteiger partial charge in [0.2, 0.25) is 11.7 Å². The summed E-state index contributed by atoms with van der Waals surface area (Å²) < 4.78 is 74.4. The molecule has 0 unspecified atom stereocenters. The van der Waals surface area contributed by atoms with Crippen molar-refractivity contribution >= 4 is 56.0 Å². The van der Waals surface area contributed by atoms with E-state index in [0.717, 1.165) is 4.47 Å². The molecule has 1 heterocycles. The number of hydrogen-bond donors (Lipinski definition) is 2. The summed E-state index contributed by atoms with van der Waals surface area (Å²) in [6, 6.07) is 10.7. The van der Waals surface area contributed by atoms with Crippen LogP contribution in [0.15, 0.2) is 51.4 Å². The van der Waals surface area contributed by atoms with Crippen molar-refractivity contribution in [1.29, 1.82) is 0 Å². The lowest BCUT2D eigenvalue weighted by Gasteiger charge is -2.09. The standard InChI is InChI=1S/C21H9BrF5N3O2S/c22-9-3-1-8(2-4-9)19(31)30-21(33)28-10-5-6-12-11(7-10)29-20(32-12)13-14(23)16(25)18(27)17(26)15(13)24/h1-7H,(H2,28,30,31,33). The molecule has 12 heteroatoms. The van der Waals surface area contributed by atoms with E-state index in [9.17, 15) is 26.7 Å². The summed E-state index contributed by atoms with van der Waals surface area (Å²) in [5, 5.41) is 5.16. The first-order valence-electron chi connectivity index (χ1n) is 8.96. The van der Waals surface area contributed by atoms with Crippen molar-refractivity contribution in [3.05, 3.63) is 81.6 Å². The third-order valence-electron chi connectivity index (χ3n) is 4.40. The zero-order valence-electron chi connectivity index (χ0n) is 16.0. The van der Waals surface area contributed by atoms with Crippen LogP contribution >= 0.6 is 28.1 Å². The van der Waals surface area contributed by atoms with Crippen LogP contribution in [0.5, 0.6) is 0 Å². The van der Waals surface area contributed by atoms with Crippen LogP contribution in [-0.2, 0) is 0 Å². The Morgan fingerprint density at radius 2 is 1.52 bits per heavy atom. The van der Waals surface area contributed by atoms with Gasteiger partial charge in [0, 0.05) is 15.7 Å². The van der Waals surface area contributed by atoms with Crippen LogP contribution in [0.1, 0.15) is 10.4 Å². The minimum Gasteiger partial charge on any atom is -0.436 e. The third kappa shape index (κ3) is 4.44. The van der Waals surface area contributed by atoms with Gasteiger partial charge in [-0.2, -0.15) is 0 Å². The van der Waals surface area contributed by atoms with Gasteiger partial charge in [0.05, 0.1) is 0 Å². The van der Waals surface area contributed by atoms with Crippen molar-refractivity contribution in [1.82, 2.24) is 10.3 Å². The summed E-state index contributed by atoms with van der Waals surface area (Å²) in [6.07, 6.45) is 0. The normalized spacial score (nSPS) is 11.0. The van der Waals surface area contributed by atoms with Crippen molar-refractivity contribution in [2.45, 2.75) is 0 Å². The predicted molar refractivity (Wildman–Crippen MR) is 117 cm³/mol. The zero-order valence-corrected chi connectivity index (χ0v) is 18.4. The number of hydrogen-bond acceptors (Lipinski definition) is 4. The highest BCUT2D eigenvalue weighted by Crippen LogP contribution is 2.33. The van der Waals surface area contributed by atoms with Gasteiger partial charge >= 0.3 is 0 Å². The molecular formula is C21H9BrF5N3O2S. The van der Waals surface area contributed by atoms with Crippen LogP contribution in [0, 0.1) is 29.1 Å². The summed E-state index contributed by atoms with van der Waals surface area (Å²) in [5.41, 5.74) is -0.540. The van der Waals surface area contributed by atoms with Crippen LogP contribution < -0.4 is 10.6 Å². The minimum atomic E-state index is -2.28. The maximum atomic E-state index is 14.1. The lowest BCUT2D eigenvalue weighted by molar-refractivity contribution is 0.0977. The first kappa shape index (κ1) is 22.8. The summed E-state index contributed by atoms with van der Waals surface area (Å²) in [7, 11) is 0. The van der Waals surface area contributed by atoms with E-state index in [4.69, 9.17) is 16.6 Å². The van der Waals surface area contributed by atoms with E-state index >= 15 is 0 Å². The average Bonchev–Trinajstić information content (AvgIpc) is 3.19. The molecule has 0 atom stereocenters. The number of nitrogens with zero attached hydrogens (tertiary/aromatic N) is 1. The number of carbonyl (C=O) groups excluding carboxylic acids is 1. The number of thiocarbonyl (C=S) groups is 1.